The number of furan rings is 1. The molecular weight excluding hydrogens is 447 g/mol. The number of allylic oxidation sites excluding steroid dienone is 2. The SMILES string of the molecule is C=C(C)/C=C/c1cc(F)c(C2c3oc4cc(Cl)ccc4c3CC(C)N2CC(C)(C)F)c(F)c1. The minimum atomic E-state index is -1.57. The van der Waals surface area contributed by atoms with Crippen molar-refractivity contribution in [3.63, 3.8) is 0 Å². The molecule has 0 spiro atoms. The number of hydrogen-bond donors (Lipinski definition) is 0. The molecule has 1 aromatic heterocycles. The molecule has 2 aromatic carbocycles. The van der Waals surface area contributed by atoms with E-state index in [1.54, 1.807) is 36.1 Å². The predicted octanol–water partition coefficient (Wildman–Crippen LogP) is 8.04. The van der Waals surface area contributed by atoms with Crippen LogP contribution in [-0.4, -0.2) is 23.2 Å². The van der Waals surface area contributed by atoms with Crippen LogP contribution in [0.3, 0.4) is 0 Å². The highest BCUT2D eigenvalue weighted by Crippen LogP contribution is 2.45. The molecule has 33 heavy (non-hydrogen) atoms. The van der Waals surface area contributed by atoms with Crippen LogP contribution in [0.15, 0.2) is 53.0 Å². The van der Waals surface area contributed by atoms with Gasteiger partial charge in [0.15, 0.2) is 0 Å². The van der Waals surface area contributed by atoms with Gasteiger partial charge in [0.05, 0.1) is 0 Å². The number of hydrogen-bond acceptors (Lipinski definition) is 2. The third-order valence-corrected chi connectivity index (χ3v) is 6.16. The van der Waals surface area contributed by atoms with Gasteiger partial charge < -0.3 is 4.42 Å². The Morgan fingerprint density at radius 2 is 1.91 bits per heavy atom. The third kappa shape index (κ3) is 4.75. The Labute approximate surface area is 197 Å². The van der Waals surface area contributed by atoms with Crippen molar-refractivity contribution in [3.05, 3.63) is 87.7 Å². The lowest BCUT2D eigenvalue weighted by molar-refractivity contribution is 0.0573. The van der Waals surface area contributed by atoms with Crippen LogP contribution in [0, 0.1) is 11.6 Å². The molecule has 1 aliphatic heterocycles. The van der Waals surface area contributed by atoms with Crippen molar-refractivity contribution >= 4 is 28.6 Å². The average Bonchev–Trinajstić information content (AvgIpc) is 3.04. The smallest absolute Gasteiger partial charge is 0.136 e. The first kappa shape index (κ1) is 23.7. The lowest BCUT2D eigenvalue weighted by Gasteiger charge is -2.42. The van der Waals surface area contributed by atoms with Crippen LogP contribution in [-0.2, 0) is 6.42 Å². The minimum absolute atomic E-state index is 0.00767. The Hall–Kier alpha value is -2.50. The van der Waals surface area contributed by atoms with Crippen LogP contribution in [0.4, 0.5) is 13.2 Å². The van der Waals surface area contributed by atoms with E-state index in [0.29, 0.717) is 28.4 Å². The molecule has 0 radical (unpaired) electrons. The lowest BCUT2D eigenvalue weighted by Crippen LogP contribution is -2.48. The quantitative estimate of drug-likeness (QED) is 0.348. The van der Waals surface area contributed by atoms with Crippen LogP contribution < -0.4 is 0 Å². The number of fused-ring (bicyclic) bond motifs is 3. The van der Waals surface area contributed by atoms with Crippen molar-refractivity contribution in [2.45, 2.75) is 51.9 Å². The summed E-state index contributed by atoms with van der Waals surface area (Å²) in [7, 11) is 0. The Bertz CT molecular complexity index is 1230. The van der Waals surface area contributed by atoms with E-state index in [1.165, 1.54) is 26.0 Å². The summed E-state index contributed by atoms with van der Waals surface area (Å²) < 4.78 is 51.9. The van der Waals surface area contributed by atoms with Crippen LogP contribution in [0.1, 0.15) is 56.2 Å². The average molecular weight is 474 g/mol. The van der Waals surface area contributed by atoms with Gasteiger partial charge in [0.1, 0.15) is 34.7 Å². The summed E-state index contributed by atoms with van der Waals surface area (Å²) >= 11 is 6.15. The summed E-state index contributed by atoms with van der Waals surface area (Å²) in [6.07, 6.45) is 3.87. The summed E-state index contributed by atoms with van der Waals surface area (Å²) in [5.74, 6) is -0.985. The first-order valence-electron chi connectivity index (χ1n) is 10.9. The molecule has 0 bridgehead atoms. The van der Waals surface area contributed by atoms with Gasteiger partial charge in [-0.3, -0.25) is 4.90 Å². The van der Waals surface area contributed by atoms with Crippen molar-refractivity contribution in [3.8, 4) is 0 Å². The van der Waals surface area contributed by atoms with E-state index in [0.717, 1.165) is 16.5 Å². The molecule has 4 rings (SSSR count). The lowest BCUT2D eigenvalue weighted by atomic mass is 9.87. The number of benzene rings is 2. The zero-order valence-electron chi connectivity index (χ0n) is 19.2. The standard InChI is InChI=1S/C27H27ClF3NO/c1-15(2)6-7-17-11-21(29)24(22(30)12-17)25-26-20(10-16(3)32(25)14-27(4,5)31)19-9-8-18(28)13-23(19)33-26/h6-9,11-13,16,25H,1,10,14H2,2-5H3/b7-6+. The van der Waals surface area contributed by atoms with Gasteiger partial charge in [-0.15, -0.1) is 0 Å². The molecule has 0 aliphatic carbocycles. The molecule has 2 unspecified atom stereocenters. The van der Waals surface area contributed by atoms with E-state index in [4.69, 9.17) is 16.0 Å². The molecule has 0 saturated heterocycles. The van der Waals surface area contributed by atoms with Gasteiger partial charge in [0.2, 0.25) is 0 Å². The molecule has 0 fully saturated rings. The van der Waals surface area contributed by atoms with Crippen LogP contribution >= 0.6 is 11.6 Å². The van der Waals surface area contributed by atoms with Gasteiger partial charge in [-0.2, -0.15) is 0 Å². The van der Waals surface area contributed by atoms with Crippen molar-refractivity contribution in [2.75, 3.05) is 6.54 Å². The van der Waals surface area contributed by atoms with Gasteiger partial charge in [0, 0.05) is 40.2 Å². The highest BCUT2D eigenvalue weighted by molar-refractivity contribution is 6.31. The fraction of sp³-hybridized carbons (Fsp3) is 0.333. The van der Waals surface area contributed by atoms with E-state index in [9.17, 15) is 4.39 Å². The fourth-order valence-corrected chi connectivity index (χ4v) is 4.73. The minimum Gasteiger partial charge on any atom is -0.459 e. The third-order valence-electron chi connectivity index (χ3n) is 5.93. The maximum atomic E-state index is 15.5. The summed E-state index contributed by atoms with van der Waals surface area (Å²) in [4.78, 5) is 1.79. The number of rotatable bonds is 5. The zero-order valence-corrected chi connectivity index (χ0v) is 19.9. The van der Waals surface area contributed by atoms with Gasteiger partial charge in [-0.25, -0.2) is 13.2 Å². The monoisotopic (exact) mass is 473 g/mol. The molecular formula is C27H27ClF3NO. The summed E-state index contributed by atoms with van der Waals surface area (Å²) in [6, 6.07) is 6.81. The summed E-state index contributed by atoms with van der Waals surface area (Å²) in [6.45, 7) is 10.4. The van der Waals surface area contributed by atoms with E-state index in [-0.39, 0.29) is 18.2 Å². The van der Waals surface area contributed by atoms with Crippen LogP contribution in [0.5, 0.6) is 0 Å². The van der Waals surface area contributed by atoms with E-state index in [1.807, 2.05) is 13.0 Å². The number of alkyl halides is 1. The van der Waals surface area contributed by atoms with E-state index >= 15 is 8.78 Å². The highest BCUT2D eigenvalue weighted by Gasteiger charge is 2.42. The molecule has 6 heteroatoms. The molecule has 1 aliphatic rings. The second-order valence-electron chi connectivity index (χ2n) is 9.51. The second kappa shape index (κ2) is 8.69. The number of halogens is 4. The normalized spacial score (nSPS) is 19.4. The first-order valence-corrected chi connectivity index (χ1v) is 11.3. The zero-order chi connectivity index (χ0) is 24.1. The van der Waals surface area contributed by atoms with E-state index in [2.05, 4.69) is 6.58 Å². The molecule has 0 amide bonds. The molecule has 3 aromatic rings. The fourth-order valence-electron chi connectivity index (χ4n) is 4.57. The molecule has 0 N–H and O–H groups in total. The van der Waals surface area contributed by atoms with Crippen LogP contribution in [0.2, 0.25) is 5.02 Å². The highest BCUT2D eigenvalue weighted by atomic mass is 35.5. The first-order chi connectivity index (χ1) is 15.4. The summed E-state index contributed by atoms with van der Waals surface area (Å²) in [5, 5.41) is 1.36. The second-order valence-corrected chi connectivity index (χ2v) is 9.95. The largest absolute Gasteiger partial charge is 0.459 e. The molecule has 2 atom stereocenters. The van der Waals surface area contributed by atoms with Gasteiger partial charge in [-0.05, 0) is 63.9 Å². The molecule has 2 heterocycles. The van der Waals surface area contributed by atoms with E-state index < -0.39 is 23.3 Å². The Kier molecular flexibility index (Phi) is 6.23. The Morgan fingerprint density at radius 1 is 1.24 bits per heavy atom. The molecule has 2 nitrogen and oxygen atoms in total. The Balaban J connectivity index is 1.93. The van der Waals surface area contributed by atoms with Crippen LogP contribution in [0.25, 0.3) is 17.0 Å². The topological polar surface area (TPSA) is 16.4 Å². The van der Waals surface area contributed by atoms with Crippen molar-refractivity contribution in [1.29, 1.82) is 0 Å². The maximum Gasteiger partial charge on any atom is 0.136 e. The van der Waals surface area contributed by atoms with Gasteiger partial charge in [-0.1, -0.05) is 35.9 Å². The molecule has 174 valence electrons. The van der Waals surface area contributed by atoms with Crippen molar-refractivity contribution in [1.82, 2.24) is 4.90 Å². The number of nitrogens with zero attached hydrogens (tertiary/aromatic N) is 1. The van der Waals surface area contributed by atoms with Gasteiger partial charge >= 0.3 is 0 Å². The van der Waals surface area contributed by atoms with Crippen molar-refractivity contribution in [2.24, 2.45) is 0 Å². The van der Waals surface area contributed by atoms with Gasteiger partial charge in [0.25, 0.3) is 0 Å². The Morgan fingerprint density at radius 3 is 2.52 bits per heavy atom. The molecule has 0 saturated carbocycles. The maximum absolute atomic E-state index is 15.5. The van der Waals surface area contributed by atoms with Crippen molar-refractivity contribution < 1.29 is 17.6 Å². The predicted molar refractivity (Wildman–Crippen MR) is 128 cm³/mol. The summed E-state index contributed by atoms with van der Waals surface area (Å²) in [5.41, 5.74) is 0.850.